The Bertz CT molecular complexity index is 288. The maximum absolute atomic E-state index is 11.4. The van der Waals surface area contributed by atoms with Gasteiger partial charge in [0.1, 0.15) is 0 Å². The van der Waals surface area contributed by atoms with Crippen molar-refractivity contribution in [3.05, 3.63) is 10.7 Å². The molecule has 0 aromatic carbocycles. The molecule has 0 unspecified atom stereocenters. The molecule has 1 rings (SSSR count). The van der Waals surface area contributed by atoms with Crippen LogP contribution in [0.3, 0.4) is 0 Å². The fourth-order valence-electron chi connectivity index (χ4n) is 1.32. The summed E-state index contributed by atoms with van der Waals surface area (Å²) in [6.45, 7) is 2.34. The average molecular weight is 276 g/mol. The second kappa shape index (κ2) is 5.90. The standard InChI is InChI=1S/C10H14BrNO3/c1-8(13)15-6-2-5-12-7-9(11)3-4-10(12)14/h7H,2-6H2,1H3. The summed E-state index contributed by atoms with van der Waals surface area (Å²) >= 11 is 3.37. The molecule has 1 heterocycles. The number of allylic oxidation sites excluding steroid dienone is 1. The van der Waals surface area contributed by atoms with Crippen molar-refractivity contribution in [3.63, 3.8) is 0 Å². The number of hydrogen-bond donors (Lipinski definition) is 0. The van der Waals surface area contributed by atoms with Crippen molar-refractivity contribution in [1.29, 1.82) is 0 Å². The molecule has 0 N–H and O–H groups in total. The number of carbonyl (C=O) groups is 2. The van der Waals surface area contributed by atoms with E-state index in [1.54, 1.807) is 11.1 Å². The molecule has 0 spiro atoms. The van der Waals surface area contributed by atoms with Gasteiger partial charge in [-0.25, -0.2) is 0 Å². The van der Waals surface area contributed by atoms with Gasteiger partial charge in [0.15, 0.2) is 0 Å². The van der Waals surface area contributed by atoms with Crippen LogP contribution in [-0.4, -0.2) is 29.9 Å². The van der Waals surface area contributed by atoms with E-state index in [1.165, 1.54) is 6.92 Å². The normalized spacial score (nSPS) is 16.3. The molecule has 0 saturated heterocycles. The number of ether oxygens (including phenoxy) is 1. The Morgan fingerprint density at radius 1 is 1.60 bits per heavy atom. The molecule has 84 valence electrons. The topological polar surface area (TPSA) is 46.6 Å². The number of rotatable bonds is 4. The first-order chi connectivity index (χ1) is 7.09. The predicted octanol–water partition coefficient (Wildman–Crippen LogP) is 1.80. The van der Waals surface area contributed by atoms with Crippen molar-refractivity contribution in [1.82, 2.24) is 4.90 Å². The lowest BCUT2D eigenvalue weighted by atomic mass is 10.2. The van der Waals surface area contributed by atoms with Gasteiger partial charge in [0.05, 0.1) is 6.61 Å². The number of amides is 1. The summed E-state index contributed by atoms with van der Waals surface area (Å²) < 4.78 is 5.82. The Kier molecular flexibility index (Phi) is 4.81. The number of nitrogens with zero attached hydrogens (tertiary/aromatic N) is 1. The molecule has 0 bridgehead atoms. The Balaban J connectivity index is 2.28. The summed E-state index contributed by atoms with van der Waals surface area (Å²) in [5, 5.41) is 0. The van der Waals surface area contributed by atoms with E-state index in [2.05, 4.69) is 15.9 Å². The summed E-state index contributed by atoms with van der Waals surface area (Å²) in [4.78, 5) is 23.6. The SMILES string of the molecule is CC(=O)OCCCN1C=C(Br)CCC1=O. The van der Waals surface area contributed by atoms with Crippen LogP contribution in [0.5, 0.6) is 0 Å². The molecular weight excluding hydrogens is 262 g/mol. The van der Waals surface area contributed by atoms with Crippen LogP contribution < -0.4 is 0 Å². The zero-order valence-electron chi connectivity index (χ0n) is 8.66. The van der Waals surface area contributed by atoms with Crippen molar-refractivity contribution in [2.75, 3.05) is 13.2 Å². The first-order valence-corrected chi connectivity index (χ1v) is 5.68. The van der Waals surface area contributed by atoms with Crippen LogP contribution in [0.2, 0.25) is 0 Å². The van der Waals surface area contributed by atoms with Gasteiger partial charge in [0.25, 0.3) is 0 Å². The zero-order chi connectivity index (χ0) is 11.3. The number of carbonyl (C=O) groups excluding carboxylic acids is 2. The highest BCUT2D eigenvalue weighted by Crippen LogP contribution is 2.20. The summed E-state index contributed by atoms with van der Waals surface area (Å²) in [7, 11) is 0. The van der Waals surface area contributed by atoms with Gasteiger partial charge >= 0.3 is 5.97 Å². The summed E-state index contributed by atoms with van der Waals surface area (Å²) in [6.07, 6.45) is 3.80. The molecular formula is C10H14BrNO3. The van der Waals surface area contributed by atoms with Crippen LogP contribution in [0.15, 0.2) is 10.7 Å². The fraction of sp³-hybridized carbons (Fsp3) is 0.600. The van der Waals surface area contributed by atoms with Gasteiger partial charge in [-0.15, -0.1) is 0 Å². The van der Waals surface area contributed by atoms with Gasteiger partial charge in [-0.2, -0.15) is 0 Å². The van der Waals surface area contributed by atoms with E-state index in [4.69, 9.17) is 4.74 Å². The number of esters is 1. The van der Waals surface area contributed by atoms with E-state index in [1.807, 2.05) is 0 Å². The molecule has 0 aromatic heterocycles. The molecule has 0 aromatic rings. The van der Waals surface area contributed by atoms with E-state index in [0.717, 1.165) is 10.9 Å². The zero-order valence-corrected chi connectivity index (χ0v) is 10.2. The van der Waals surface area contributed by atoms with Crippen molar-refractivity contribution in [2.45, 2.75) is 26.2 Å². The maximum atomic E-state index is 11.4. The van der Waals surface area contributed by atoms with Crippen LogP contribution in [0.25, 0.3) is 0 Å². The average Bonchev–Trinajstić information content (AvgIpc) is 2.17. The van der Waals surface area contributed by atoms with Gasteiger partial charge < -0.3 is 9.64 Å². The lowest BCUT2D eigenvalue weighted by molar-refractivity contribution is -0.141. The summed E-state index contributed by atoms with van der Waals surface area (Å²) in [6, 6.07) is 0. The predicted molar refractivity (Wildman–Crippen MR) is 59.2 cm³/mol. The molecule has 1 aliphatic heterocycles. The van der Waals surface area contributed by atoms with Crippen LogP contribution in [0.4, 0.5) is 0 Å². The highest BCUT2D eigenvalue weighted by molar-refractivity contribution is 9.11. The molecule has 1 aliphatic rings. The molecule has 0 fully saturated rings. The van der Waals surface area contributed by atoms with Gasteiger partial charge in [-0.3, -0.25) is 9.59 Å². The van der Waals surface area contributed by atoms with E-state index >= 15 is 0 Å². The molecule has 0 aliphatic carbocycles. The Morgan fingerprint density at radius 3 is 3.00 bits per heavy atom. The maximum Gasteiger partial charge on any atom is 0.302 e. The summed E-state index contributed by atoms with van der Waals surface area (Å²) in [5.74, 6) is -0.155. The van der Waals surface area contributed by atoms with Gasteiger partial charge in [-0.1, -0.05) is 15.9 Å². The highest BCUT2D eigenvalue weighted by Gasteiger charge is 2.16. The Morgan fingerprint density at radius 2 is 2.33 bits per heavy atom. The molecule has 0 radical (unpaired) electrons. The van der Waals surface area contributed by atoms with Crippen LogP contribution in [0.1, 0.15) is 26.2 Å². The van der Waals surface area contributed by atoms with Crippen molar-refractivity contribution < 1.29 is 14.3 Å². The van der Waals surface area contributed by atoms with Crippen molar-refractivity contribution in [3.8, 4) is 0 Å². The van der Waals surface area contributed by atoms with Gasteiger partial charge in [0, 0.05) is 30.6 Å². The smallest absolute Gasteiger partial charge is 0.302 e. The molecule has 1 amide bonds. The van der Waals surface area contributed by atoms with Crippen molar-refractivity contribution >= 4 is 27.8 Å². The number of halogens is 1. The number of hydrogen-bond acceptors (Lipinski definition) is 3. The minimum atomic E-state index is -0.281. The second-order valence-corrected chi connectivity index (χ2v) is 4.38. The van der Waals surface area contributed by atoms with Gasteiger partial charge in [0.2, 0.25) is 5.91 Å². The minimum Gasteiger partial charge on any atom is -0.466 e. The highest BCUT2D eigenvalue weighted by atomic mass is 79.9. The van der Waals surface area contributed by atoms with E-state index < -0.39 is 0 Å². The summed E-state index contributed by atoms with van der Waals surface area (Å²) in [5.41, 5.74) is 0. The van der Waals surface area contributed by atoms with Crippen molar-refractivity contribution in [2.24, 2.45) is 0 Å². The van der Waals surface area contributed by atoms with E-state index in [-0.39, 0.29) is 11.9 Å². The largest absolute Gasteiger partial charge is 0.466 e. The monoisotopic (exact) mass is 275 g/mol. The molecule has 0 saturated carbocycles. The Hall–Kier alpha value is -0.840. The molecule has 0 atom stereocenters. The Labute approximate surface area is 97.4 Å². The fourth-order valence-corrected chi connectivity index (χ4v) is 1.76. The lowest BCUT2D eigenvalue weighted by Gasteiger charge is -2.22. The lowest BCUT2D eigenvalue weighted by Crippen LogP contribution is -2.30. The van der Waals surface area contributed by atoms with Crippen LogP contribution in [0, 0.1) is 0 Å². The van der Waals surface area contributed by atoms with E-state index in [0.29, 0.717) is 26.0 Å². The first kappa shape index (κ1) is 12.2. The molecule has 4 nitrogen and oxygen atoms in total. The third-order valence-electron chi connectivity index (χ3n) is 2.04. The quantitative estimate of drug-likeness (QED) is 0.581. The van der Waals surface area contributed by atoms with Crippen LogP contribution in [-0.2, 0) is 14.3 Å². The van der Waals surface area contributed by atoms with Crippen LogP contribution >= 0.6 is 15.9 Å². The molecule has 15 heavy (non-hydrogen) atoms. The third-order valence-corrected chi connectivity index (χ3v) is 2.64. The minimum absolute atomic E-state index is 0.126. The van der Waals surface area contributed by atoms with E-state index in [9.17, 15) is 9.59 Å². The molecule has 5 heteroatoms. The third kappa shape index (κ3) is 4.46. The van der Waals surface area contributed by atoms with Gasteiger partial charge in [-0.05, 0) is 12.8 Å². The first-order valence-electron chi connectivity index (χ1n) is 4.88. The second-order valence-electron chi connectivity index (χ2n) is 3.36.